The Balaban J connectivity index is 1.41. The van der Waals surface area contributed by atoms with Crippen molar-refractivity contribution in [1.29, 1.82) is 0 Å². The number of aromatic nitrogens is 1. The van der Waals surface area contributed by atoms with Crippen molar-refractivity contribution in [3.63, 3.8) is 0 Å². The average molecular weight is 364 g/mol. The van der Waals surface area contributed by atoms with Crippen molar-refractivity contribution in [1.82, 2.24) is 14.8 Å². The molecule has 2 aliphatic heterocycles. The van der Waals surface area contributed by atoms with Gasteiger partial charge in [-0.15, -0.1) is 0 Å². The molecule has 27 heavy (non-hydrogen) atoms. The second kappa shape index (κ2) is 7.39. The number of piperazine rings is 1. The molecule has 0 spiro atoms. The molecule has 3 heterocycles. The van der Waals surface area contributed by atoms with Gasteiger partial charge in [-0.3, -0.25) is 9.59 Å². The summed E-state index contributed by atoms with van der Waals surface area (Å²) in [5, 5.41) is 1.13. The summed E-state index contributed by atoms with van der Waals surface area (Å²) in [6.45, 7) is 6.99. The number of likely N-dealkylation sites (tertiary alicyclic amines) is 1. The lowest BCUT2D eigenvalue weighted by molar-refractivity contribution is -0.141. The molecule has 1 aromatic heterocycles. The summed E-state index contributed by atoms with van der Waals surface area (Å²) in [5.41, 5.74) is 0.984. The van der Waals surface area contributed by atoms with E-state index < -0.39 is 0 Å². The van der Waals surface area contributed by atoms with Crippen molar-refractivity contribution < 1.29 is 9.59 Å². The lowest BCUT2D eigenvalue weighted by Gasteiger charge is -2.37. The van der Waals surface area contributed by atoms with Crippen LogP contribution >= 0.6 is 0 Å². The van der Waals surface area contributed by atoms with Gasteiger partial charge in [-0.2, -0.15) is 0 Å². The highest BCUT2D eigenvalue weighted by atomic mass is 16.2. The second-order valence-corrected chi connectivity index (χ2v) is 7.07. The number of carbonyl (C=O) groups is 2. The zero-order valence-corrected chi connectivity index (χ0v) is 15.4. The van der Waals surface area contributed by atoms with E-state index in [1.807, 2.05) is 29.2 Å². The fourth-order valence-electron chi connectivity index (χ4n) is 4.00. The molecule has 2 saturated heterocycles. The Labute approximate surface area is 159 Å². The van der Waals surface area contributed by atoms with Gasteiger partial charge in [0, 0.05) is 38.1 Å². The highest BCUT2D eigenvalue weighted by Crippen LogP contribution is 2.22. The van der Waals surface area contributed by atoms with Gasteiger partial charge in [-0.1, -0.05) is 24.8 Å². The smallest absolute Gasteiger partial charge is 0.246 e. The Morgan fingerprint density at radius 2 is 1.81 bits per heavy atom. The molecule has 0 saturated carbocycles. The van der Waals surface area contributed by atoms with E-state index in [0.717, 1.165) is 42.7 Å². The number of carbonyl (C=O) groups excluding carboxylic acids is 2. The largest absolute Gasteiger partial charge is 0.353 e. The maximum absolute atomic E-state index is 12.9. The highest BCUT2D eigenvalue weighted by Gasteiger charge is 2.36. The number of rotatable bonds is 3. The standard InChI is InChI=1S/C21H24N4O2/c1-2-20(26)25-11-5-8-18(25)21(27)24-14-12-23(13-15-24)19-10-9-16-6-3-4-7-17(16)22-19/h2-4,6-7,9-10,18H,1,5,8,11-15H2/t18-/m1/s1. The molecule has 6 heteroatoms. The number of fused-ring (bicyclic) bond motifs is 1. The zero-order chi connectivity index (χ0) is 18.8. The monoisotopic (exact) mass is 364 g/mol. The minimum atomic E-state index is -0.333. The number of hydrogen-bond donors (Lipinski definition) is 0. The minimum Gasteiger partial charge on any atom is -0.353 e. The van der Waals surface area contributed by atoms with Crippen LogP contribution in [0.5, 0.6) is 0 Å². The van der Waals surface area contributed by atoms with Crippen molar-refractivity contribution in [2.45, 2.75) is 18.9 Å². The third-order valence-electron chi connectivity index (χ3n) is 5.49. The third-order valence-corrected chi connectivity index (χ3v) is 5.49. The van der Waals surface area contributed by atoms with Crippen molar-refractivity contribution in [2.75, 3.05) is 37.6 Å². The van der Waals surface area contributed by atoms with Crippen LogP contribution in [0.4, 0.5) is 5.82 Å². The molecule has 0 radical (unpaired) electrons. The first-order valence-electron chi connectivity index (χ1n) is 9.50. The summed E-state index contributed by atoms with van der Waals surface area (Å²) < 4.78 is 0. The van der Waals surface area contributed by atoms with E-state index in [1.165, 1.54) is 6.08 Å². The van der Waals surface area contributed by atoms with Crippen LogP contribution in [-0.4, -0.2) is 65.4 Å². The molecule has 6 nitrogen and oxygen atoms in total. The van der Waals surface area contributed by atoms with Crippen LogP contribution in [-0.2, 0) is 9.59 Å². The van der Waals surface area contributed by atoms with Gasteiger partial charge in [0.05, 0.1) is 5.52 Å². The molecule has 2 amide bonds. The molecular formula is C21H24N4O2. The van der Waals surface area contributed by atoms with Crippen LogP contribution in [0.2, 0.25) is 0 Å². The van der Waals surface area contributed by atoms with E-state index >= 15 is 0 Å². The number of para-hydroxylation sites is 1. The topological polar surface area (TPSA) is 56.8 Å². The molecule has 2 aliphatic rings. The van der Waals surface area contributed by atoms with Gasteiger partial charge in [0.1, 0.15) is 11.9 Å². The molecule has 2 fully saturated rings. The van der Waals surface area contributed by atoms with E-state index in [-0.39, 0.29) is 17.9 Å². The van der Waals surface area contributed by atoms with Gasteiger partial charge in [0.25, 0.3) is 0 Å². The van der Waals surface area contributed by atoms with Crippen molar-refractivity contribution in [3.05, 3.63) is 49.1 Å². The molecule has 0 N–H and O–H groups in total. The summed E-state index contributed by atoms with van der Waals surface area (Å²) >= 11 is 0. The lowest BCUT2D eigenvalue weighted by atomic mass is 10.1. The lowest BCUT2D eigenvalue weighted by Crippen LogP contribution is -2.54. The van der Waals surface area contributed by atoms with Crippen molar-refractivity contribution >= 4 is 28.5 Å². The van der Waals surface area contributed by atoms with Crippen LogP contribution < -0.4 is 4.90 Å². The number of anilines is 1. The quantitative estimate of drug-likeness (QED) is 0.783. The van der Waals surface area contributed by atoms with Crippen LogP contribution in [0.25, 0.3) is 10.9 Å². The Bertz CT molecular complexity index is 873. The van der Waals surface area contributed by atoms with Crippen LogP contribution in [0.15, 0.2) is 49.1 Å². The van der Waals surface area contributed by atoms with Gasteiger partial charge in [-0.05, 0) is 37.1 Å². The summed E-state index contributed by atoms with van der Waals surface area (Å²) in [7, 11) is 0. The fraction of sp³-hybridized carbons (Fsp3) is 0.381. The summed E-state index contributed by atoms with van der Waals surface area (Å²) in [5.74, 6) is 0.865. The minimum absolute atomic E-state index is 0.0637. The van der Waals surface area contributed by atoms with Gasteiger partial charge < -0.3 is 14.7 Å². The maximum Gasteiger partial charge on any atom is 0.246 e. The molecule has 1 atom stereocenters. The summed E-state index contributed by atoms with van der Waals surface area (Å²) in [6.07, 6.45) is 2.91. The average Bonchev–Trinajstić information content (AvgIpc) is 3.22. The van der Waals surface area contributed by atoms with Crippen LogP contribution in [0, 0.1) is 0 Å². The Kier molecular flexibility index (Phi) is 4.79. The fourth-order valence-corrected chi connectivity index (χ4v) is 4.00. The second-order valence-electron chi connectivity index (χ2n) is 7.07. The summed E-state index contributed by atoms with van der Waals surface area (Å²) in [4.78, 5) is 35.4. The predicted octanol–water partition coefficient (Wildman–Crippen LogP) is 2.06. The Morgan fingerprint density at radius 3 is 2.59 bits per heavy atom. The van der Waals surface area contributed by atoms with E-state index in [9.17, 15) is 9.59 Å². The normalized spacial score (nSPS) is 20.1. The van der Waals surface area contributed by atoms with Gasteiger partial charge in [-0.25, -0.2) is 4.98 Å². The Morgan fingerprint density at radius 1 is 1.04 bits per heavy atom. The number of hydrogen-bond acceptors (Lipinski definition) is 4. The number of pyridine rings is 1. The third kappa shape index (κ3) is 3.39. The van der Waals surface area contributed by atoms with Gasteiger partial charge >= 0.3 is 0 Å². The van der Waals surface area contributed by atoms with E-state index in [1.54, 1.807) is 4.90 Å². The first-order chi connectivity index (χ1) is 13.2. The molecule has 1 aromatic carbocycles. The van der Waals surface area contributed by atoms with Crippen molar-refractivity contribution in [3.8, 4) is 0 Å². The van der Waals surface area contributed by atoms with Gasteiger partial charge in [0.2, 0.25) is 11.8 Å². The van der Waals surface area contributed by atoms with E-state index in [2.05, 4.69) is 23.6 Å². The molecule has 4 rings (SSSR count). The SMILES string of the molecule is C=CC(=O)N1CCC[C@@H]1C(=O)N1CCN(c2ccc3ccccc3n2)CC1. The van der Waals surface area contributed by atoms with E-state index in [0.29, 0.717) is 19.6 Å². The number of nitrogens with zero attached hydrogens (tertiary/aromatic N) is 4. The maximum atomic E-state index is 12.9. The predicted molar refractivity (Wildman–Crippen MR) is 105 cm³/mol. The summed E-state index contributed by atoms with van der Waals surface area (Å²) in [6, 6.07) is 11.9. The molecule has 140 valence electrons. The van der Waals surface area contributed by atoms with Crippen LogP contribution in [0.3, 0.4) is 0 Å². The highest BCUT2D eigenvalue weighted by molar-refractivity contribution is 5.93. The molecule has 2 aromatic rings. The number of amides is 2. The molecule has 0 unspecified atom stereocenters. The Hall–Kier alpha value is -2.89. The zero-order valence-electron chi connectivity index (χ0n) is 15.4. The number of benzene rings is 1. The van der Waals surface area contributed by atoms with E-state index in [4.69, 9.17) is 4.98 Å². The van der Waals surface area contributed by atoms with Crippen LogP contribution in [0.1, 0.15) is 12.8 Å². The molecule has 0 aliphatic carbocycles. The molecular weight excluding hydrogens is 340 g/mol. The first-order valence-corrected chi connectivity index (χ1v) is 9.50. The first kappa shape index (κ1) is 17.5. The van der Waals surface area contributed by atoms with Crippen molar-refractivity contribution in [2.24, 2.45) is 0 Å². The van der Waals surface area contributed by atoms with Gasteiger partial charge in [0.15, 0.2) is 0 Å². The molecule has 0 bridgehead atoms.